The second-order valence-corrected chi connectivity index (χ2v) is 5.33. The Bertz CT molecular complexity index is 505. The van der Waals surface area contributed by atoms with Gasteiger partial charge >= 0.3 is 0 Å². The number of aliphatic hydroxyl groups excluding tert-OH is 1. The van der Waals surface area contributed by atoms with Crippen LogP contribution in [0.4, 0.5) is 0 Å². The molecule has 1 N–H and O–H groups in total. The van der Waals surface area contributed by atoms with Gasteiger partial charge in [0.2, 0.25) is 0 Å². The maximum atomic E-state index is 9.02. The van der Waals surface area contributed by atoms with Gasteiger partial charge in [-0.3, -0.25) is 0 Å². The van der Waals surface area contributed by atoms with Gasteiger partial charge in [0.05, 0.1) is 0 Å². The highest BCUT2D eigenvalue weighted by molar-refractivity contribution is 5.63. The van der Waals surface area contributed by atoms with Crippen molar-refractivity contribution in [3.63, 3.8) is 0 Å². The summed E-state index contributed by atoms with van der Waals surface area (Å²) in [6, 6.07) is 19.5. The van der Waals surface area contributed by atoms with Gasteiger partial charge in [0.25, 0.3) is 0 Å². The summed E-state index contributed by atoms with van der Waals surface area (Å²) < 4.78 is 0. The first-order valence-electron chi connectivity index (χ1n) is 7.15. The smallest absolute Gasteiger partial charge is 0.0431 e. The molecule has 2 heteroatoms. The number of aliphatic hydroxyl groups is 1. The monoisotopic (exact) mass is 269 g/mol. The Balaban J connectivity index is 2.18. The summed E-state index contributed by atoms with van der Waals surface area (Å²) in [4.78, 5) is 2.22. The minimum Gasteiger partial charge on any atom is -0.396 e. The van der Waals surface area contributed by atoms with Crippen molar-refractivity contribution in [2.45, 2.75) is 18.9 Å². The Morgan fingerprint density at radius 1 is 0.900 bits per heavy atom. The first kappa shape index (κ1) is 14.8. The highest BCUT2D eigenvalue weighted by Crippen LogP contribution is 2.26. The molecule has 2 nitrogen and oxygen atoms in total. The highest BCUT2D eigenvalue weighted by atomic mass is 16.2. The standard InChI is InChI=1S/C18H23NO/c1-19(2)18(9-6-14-20)17-12-10-16(11-13-17)15-7-4-3-5-8-15/h3-5,7-8,10-13,18,20H,6,9,14H2,1-2H3. The maximum Gasteiger partial charge on any atom is 0.0431 e. The normalized spacial score (nSPS) is 12.6. The zero-order chi connectivity index (χ0) is 14.4. The molecule has 0 aromatic heterocycles. The molecule has 0 bridgehead atoms. The molecule has 0 aliphatic heterocycles. The van der Waals surface area contributed by atoms with Crippen molar-refractivity contribution in [1.82, 2.24) is 4.90 Å². The van der Waals surface area contributed by atoms with Crippen molar-refractivity contribution in [3.05, 3.63) is 60.2 Å². The van der Waals surface area contributed by atoms with E-state index in [-0.39, 0.29) is 6.61 Å². The summed E-state index contributed by atoms with van der Waals surface area (Å²) in [7, 11) is 4.18. The van der Waals surface area contributed by atoms with E-state index in [2.05, 4.69) is 67.5 Å². The number of hydrogen-bond donors (Lipinski definition) is 1. The maximum absolute atomic E-state index is 9.02. The van der Waals surface area contributed by atoms with E-state index < -0.39 is 0 Å². The quantitative estimate of drug-likeness (QED) is 0.863. The van der Waals surface area contributed by atoms with Crippen LogP contribution < -0.4 is 0 Å². The summed E-state index contributed by atoms with van der Waals surface area (Å²) >= 11 is 0. The van der Waals surface area contributed by atoms with Gasteiger partial charge in [-0.15, -0.1) is 0 Å². The fourth-order valence-corrected chi connectivity index (χ4v) is 2.54. The molecular formula is C18H23NO. The van der Waals surface area contributed by atoms with Crippen molar-refractivity contribution < 1.29 is 5.11 Å². The van der Waals surface area contributed by atoms with E-state index >= 15 is 0 Å². The molecule has 1 unspecified atom stereocenters. The lowest BCUT2D eigenvalue weighted by molar-refractivity contribution is 0.235. The minimum absolute atomic E-state index is 0.256. The summed E-state index contributed by atoms with van der Waals surface area (Å²) in [5.41, 5.74) is 3.80. The zero-order valence-corrected chi connectivity index (χ0v) is 12.3. The third kappa shape index (κ3) is 3.69. The van der Waals surface area contributed by atoms with Crippen LogP contribution in [0, 0.1) is 0 Å². The molecule has 0 radical (unpaired) electrons. The number of nitrogens with zero attached hydrogens (tertiary/aromatic N) is 1. The lowest BCUT2D eigenvalue weighted by Gasteiger charge is -2.24. The molecule has 0 aliphatic carbocycles. The molecule has 1 atom stereocenters. The summed E-state index contributed by atoms with van der Waals surface area (Å²) in [6.45, 7) is 0.256. The van der Waals surface area contributed by atoms with Crippen LogP contribution in [0.3, 0.4) is 0 Å². The number of benzene rings is 2. The van der Waals surface area contributed by atoms with Gasteiger partial charge in [-0.25, -0.2) is 0 Å². The van der Waals surface area contributed by atoms with Crippen LogP contribution in [0.2, 0.25) is 0 Å². The first-order chi connectivity index (χ1) is 9.72. The average molecular weight is 269 g/mol. The van der Waals surface area contributed by atoms with E-state index in [1.54, 1.807) is 0 Å². The zero-order valence-electron chi connectivity index (χ0n) is 12.3. The van der Waals surface area contributed by atoms with Gasteiger partial charge in [-0.1, -0.05) is 54.6 Å². The predicted octanol–water partition coefficient (Wildman–Crippen LogP) is 3.73. The third-order valence-electron chi connectivity index (χ3n) is 3.66. The Hall–Kier alpha value is -1.64. The molecule has 0 amide bonds. The van der Waals surface area contributed by atoms with Gasteiger partial charge in [-0.2, -0.15) is 0 Å². The topological polar surface area (TPSA) is 23.5 Å². The molecule has 0 aliphatic rings. The fourth-order valence-electron chi connectivity index (χ4n) is 2.54. The van der Waals surface area contributed by atoms with Crippen molar-refractivity contribution in [2.24, 2.45) is 0 Å². The van der Waals surface area contributed by atoms with E-state index in [0.29, 0.717) is 6.04 Å². The fraction of sp³-hybridized carbons (Fsp3) is 0.333. The van der Waals surface area contributed by atoms with Crippen LogP contribution in [0.1, 0.15) is 24.4 Å². The average Bonchev–Trinajstić information content (AvgIpc) is 2.49. The van der Waals surface area contributed by atoms with Crippen LogP contribution >= 0.6 is 0 Å². The molecule has 0 saturated carbocycles. The Morgan fingerprint density at radius 2 is 1.50 bits per heavy atom. The van der Waals surface area contributed by atoms with E-state index in [9.17, 15) is 0 Å². The van der Waals surface area contributed by atoms with Crippen molar-refractivity contribution >= 4 is 0 Å². The molecule has 2 aromatic rings. The molecule has 106 valence electrons. The molecular weight excluding hydrogens is 246 g/mol. The second-order valence-electron chi connectivity index (χ2n) is 5.33. The minimum atomic E-state index is 0.256. The Labute approximate surface area is 121 Å². The molecule has 0 saturated heterocycles. The third-order valence-corrected chi connectivity index (χ3v) is 3.66. The predicted molar refractivity (Wildman–Crippen MR) is 84.6 cm³/mol. The van der Waals surface area contributed by atoms with Crippen LogP contribution in [0.15, 0.2) is 54.6 Å². The first-order valence-corrected chi connectivity index (χ1v) is 7.15. The van der Waals surface area contributed by atoms with Gasteiger partial charge in [0.15, 0.2) is 0 Å². The van der Waals surface area contributed by atoms with Gasteiger partial charge < -0.3 is 10.0 Å². The second kappa shape index (κ2) is 7.22. The molecule has 20 heavy (non-hydrogen) atoms. The Kier molecular flexibility index (Phi) is 5.33. The summed E-state index contributed by atoms with van der Waals surface area (Å²) in [5.74, 6) is 0. The van der Waals surface area contributed by atoms with Crippen molar-refractivity contribution in [3.8, 4) is 11.1 Å². The van der Waals surface area contributed by atoms with Gasteiger partial charge in [0.1, 0.15) is 0 Å². The van der Waals surface area contributed by atoms with Crippen LogP contribution in [-0.4, -0.2) is 30.7 Å². The van der Waals surface area contributed by atoms with E-state index in [1.807, 2.05) is 6.07 Å². The van der Waals surface area contributed by atoms with Gasteiger partial charge in [0, 0.05) is 12.6 Å². The van der Waals surface area contributed by atoms with Crippen LogP contribution in [-0.2, 0) is 0 Å². The summed E-state index contributed by atoms with van der Waals surface area (Å²) in [6.07, 6.45) is 1.82. The van der Waals surface area contributed by atoms with Crippen LogP contribution in [0.5, 0.6) is 0 Å². The lowest BCUT2D eigenvalue weighted by Crippen LogP contribution is -2.20. The van der Waals surface area contributed by atoms with Crippen molar-refractivity contribution in [1.29, 1.82) is 0 Å². The summed E-state index contributed by atoms with van der Waals surface area (Å²) in [5, 5.41) is 9.02. The highest BCUT2D eigenvalue weighted by Gasteiger charge is 2.13. The van der Waals surface area contributed by atoms with E-state index in [4.69, 9.17) is 5.11 Å². The molecule has 0 spiro atoms. The Morgan fingerprint density at radius 3 is 2.05 bits per heavy atom. The number of rotatable bonds is 6. The van der Waals surface area contributed by atoms with E-state index in [0.717, 1.165) is 12.8 Å². The lowest BCUT2D eigenvalue weighted by atomic mass is 9.97. The van der Waals surface area contributed by atoms with Crippen molar-refractivity contribution in [2.75, 3.05) is 20.7 Å². The molecule has 2 aromatic carbocycles. The van der Waals surface area contributed by atoms with Crippen LogP contribution in [0.25, 0.3) is 11.1 Å². The number of hydrogen-bond acceptors (Lipinski definition) is 2. The SMILES string of the molecule is CN(C)C(CCCO)c1ccc(-c2ccccc2)cc1. The largest absolute Gasteiger partial charge is 0.396 e. The molecule has 0 heterocycles. The molecule has 0 fully saturated rings. The van der Waals surface area contributed by atoms with Gasteiger partial charge in [-0.05, 0) is 43.6 Å². The van der Waals surface area contributed by atoms with E-state index in [1.165, 1.54) is 16.7 Å². The molecule has 2 rings (SSSR count).